The second-order valence-electron chi connectivity index (χ2n) is 6.49. The van der Waals surface area contributed by atoms with Crippen molar-refractivity contribution in [2.24, 2.45) is 4.99 Å². The Morgan fingerprint density at radius 1 is 1.19 bits per heavy atom. The first-order valence-electron chi connectivity index (χ1n) is 9.12. The van der Waals surface area contributed by atoms with Crippen molar-refractivity contribution in [3.63, 3.8) is 0 Å². The van der Waals surface area contributed by atoms with Crippen molar-refractivity contribution in [1.82, 2.24) is 10.6 Å². The third kappa shape index (κ3) is 5.46. The lowest BCUT2D eigenvalue weighted by molar-refractivity contribution is 0.463. The van der Waals surface area contributed by atoms with Crippen LogP contribution < -0.4 is 15.5 Å². The number of nitrogens with zero attached hydrogens (tertiary/aromatic N) is 2. The molecule has 1 aliphatic heterocycles. The number of hydrogen-bond donors (Lipinski definition) is 2. The van der Waals surface area contributed by atoms with E-state index in [0.29, 0.717) is 23.4 Å². The fraction of sp³-hybridized carbons (Fsp3) is 0.421. The maximum absolute atomic E-state index is 12.3. The monoisotopic (exact) mass is 406 g/mol. The molecule has 1 saturated heterocycles. The Hall–Kier alpha value is -2.06. The van der Waals surface area contributed by atoms with Gasteiger partial charge in [-0.25, -0.2) is 8.42 Å². The molecule has 6 nitrogen and oxygen atoms in total. The van der Waals surface area contributed by atoms with E-state index in [1.165, 1.54) is 5.00 Å². The first kappa shape index (κ1) is 19.7. The van der Waals surface area contributed by atoms with E-state index in [0.717, 1.165) is 25.9 Å². The lowest BCUT2D eigenvalue weighted by atomic mass is 10.1. The zero-order valence-corrected chi connectivity index (χ0v) is 17.1. The molecular weight excluding hydrogens is 380 g/mol. The third-order valence-electron chi connectivity index (χ3n) is 4.64. The molecule has 1 aromatic heterocycles. The van der Waals surface area contributed by atoms with Crippen LogP contribution in [0.25, 0.3) is 0 Å². The molecule has 1 fully saturated rings. The van der Waals surface area contributed by atoms with Crippen LogP contribution in [0.3, 0.4) is 0 Å². The molecule has 0 unspecified atom stereocenters. The van der Waals surface area contributed by atoms with Gasteiger partial charge in [0.2, 0.25) is 0 Å². The van der Waals surface area contributed by atoms with Gasteiger partial charge in [-0.15, -0.1) is 11.3 Å². The minimum absolute atomic E-state index is 0.0362. The molecule has 1 aliphatic rings. The number of guanidine groups is 1. The van der Waals surface area contributed by atoms with Crippen LogP contribution in [0, 0.1) is 0 Å². The van der Waals surface area contributed by atoms with Crippen molar-refractivity contribution in [2.75, 3.05) is 37.3 Å². The number of benzene rings is 1. The normalized spacial score (nSPS) is 16.3. The molecule has 27 heavy (non-hydrogen) atoms. The van der Waals surface area contributed by atoms with E-state index in [1.54, 1.807) is 42.6 Å². The number of anilines is 1. The molecule has 8 heteroatoms. The second-order valence-corrected chi connectivity index (χ2v) is 9.52. The Labute approximate surface area is 165 Å². The molecular formula is C19H26N4O2S2. The predicted octanol–water partition coefficient (Wildman–Crippen LogP) is 2.36. The topological polar surface area (TPSA) is 73.8 Å². The van der Waals surface area contributed by atoms with Gasteiger partial charge in [0.05, 0.1) is 15.6 Å². The molecule has 0 radical (unpaired) electrons. The summed E-state index contributed by atoms with van der Waals surface area (Å²) in [7, 11) is -1.57. The van der Waals surface area contributed by atoms with E-state index in [4.69, 9.17) is 0 Å². The smallest absolute Gasteiger partial charge is 0.191 e. The van der Waals surface area contributed by atoms with Gasteiger partial charge >= 0.3 is 0 Å². The first-order chi connectivity index (χ1) is 13.1. The van der Waals surface area contributed by atoms with Crippen LogP contribution in [0.5, 0.6) is 0 Å². The van der Waals surface area contributed by atoms with Gasteiger partial charge in [-0.1, -0.05) is 18.2 Å². The van der Waals surface area contributed by atoms with Crippen molar-refractivity contribution in [3.8, 4) is 0 Å². The van der Waals surface area contributed by atoms with E-state index >= 15 is 0 Å². The number of piperidine rings is 1. The van der Waals surface area contributed by atoms with Crippen LogP contribution in [0.15, 0.2) is 57.7 Å². The van der Waals surface area contributed by atoms with Crippen LogP contribution in [0.1, 0.15) is 12.8 Å². The molecule has 1 aromatic carbocycles. The van der Waals surface area contributed by atoms with E-state index in [9.17, 15) is 8.42 Å². The summed E-state index contributed by atoms with van der Waals surface area (Å²) in [5, 5.41) is 9.98. The Morgan fingerprint density at radius 2 is 1.93 bits per heavy atom. The van der Waals surface area contributed by atoms with Gasteiger partial charge in [-0.3, -0.25) is 4.99 Å². The largest absolute Gasteiger partial charge is 0.363 e. The molecule has 2 aromatic rings. The lowest BCUT2D eigenvalue weighted by Gasteiger charge is -2.33. The zero-order chi connectivity index (χ0) is 19.1. The highest BCUT2D eigenvalue weighted by Gasteiger charge is 2.21. The van der Waals surface area contributed by atoms with Crippen LogP contribution in [-0.4, -0.2) is 52.9 Å². The maximum atomic E-state index is 12.3. The number of hydrogen-bond acceptors (Lipinski definition) is 5. The quantitative estimate of drug-likeness (QED) is 0.569. The van der Waals surface area contributed by atoms with Crippen LogP contribution in [0.2, 0.25) is 0 Å². The molecule has 0 amide bonds. The molecule has 0 saturated carbocycles. The number of rotatable bonds is 6. The molecule has 3 rings (SSSR count). The fourth-order valence-electron chi connectivity index (χ4n) is 3.13. The van der Waals surface area contributed by atoms with Gasteiger partial charge in [0.1, 0.15) is 0 Å². The number of aliphatic imine (C=N–C) groups is 1. The van der Waals surface area contributed by atoms with Crippen molar-refractivity contribution in [3.05, 3.63) is 47.8 Å². The summed E-state index contributed by atoms with van der Waals surface area (Å²) >= 11 is 1.77. The molecule has 0 spiro atoms. The summed E-state index contributed by atoms with van der Waals surface area (Å²) in [6.07, 6.45) is 2.06. The standard InChI is InChI=1S/C19H26N4O2S2/c1-20-19(21-11-15-27(24,25)17-6-3-2-4-7-17)22-16-9-12-23(13-10-16)18-8-5-14-26-18/h2-8,14,16H,9-13,15H2,1H3,(H2,20,21,22). The third-order valence-corrected chi connectivity index (χ3v) is 7.30. The van der Waals surface area contributed by atoms with Crippen molar-refractivity contribution in [2.45, 2.75) is 23.8 Å². The lowest BCUT2D eigenvalue weighted by Crippen LogP contribution is -2.49. The van der Waals surface area contributed by atoms with E-state index < -0.39 is 9.84 Å². The minimum Gasteiger partial charge on any atom is -0.363 e. The Balaban J connectivity index is 1.44. The SMILES string of the molecule is CN=C(NCCS(=O)(=O)c1ccccc1)NC1CCN(c2cccs2)CC1. The maximum Gasteiger partial charge on any atom is 0.191 e. The highest BCUT2D eigenvalue weighted by molar-refractivity contribution is 7.91. The molecule has 0 bridgehead atoms. The van der Waals surface area contributed by atoms with Crippen LogP contribution in [-0.2, 0) is 9.84 Å². The van der Waals surface area contributed by atoms with Gasteiger partial charge in [0.25, 0.3) is 0 Å². The highest BCUT2D eigenvalue weighted by atomic mass is 32.2. The first-order valence-corrected chi connectivity index (χ1v) is 11.6. The molecule has 2 heterocycles. The summed E-state index contributed by atoms with van der Waals surface area (Å²) in [5.74, 6) is 0.696. The fourth-order valence-corrected chi connectivity index (χ4v) is 5.10. The Kier molecular flexibility index (Phi) is 6.73. The Bertz CT molecular complexity index is 828. The minimum atomic E-state index is -3.28. The van der Waals surface area contributed by atoms with E-state index in [1.807, 2.05) is 6.07 Å². The van der Waals surface area contributed by atoms with Crippen LogP contribution in [0.4, 0.5) is 5.00 Å². The summed E-state index contributed by atoms with van der Waals surface area (Å²) in [5.41, 5.74) is 0. The van der Waals surface area contributed by atoms with Crippen molar-refractivity contribution < 1.29 is 8.42 Å². The summed E-state index contributed by atoms with van der Waals surface area (Å²) in [6.45, 7) is 2.35. The highest BCUT2D eigenvalue weighted by Crippen LogP contribution is 2.24. The van der Waals surface area contributed by atoms with Crippen LogP contribution >= 0.6 is 11.3 Å². The zero-order valence-electron chi connectivity index (χ0n) is 15.5. The predicted molar refractivity (Wildman–Crippen MR) is 113 cm³/mol. The van der Waals surface area contributed by atoms with Gasteiger partial charge in [0, 0.05) is 32.7 Å². The second kappa shape index (κ2) is 9.23. The average Bonchev–Trinajstić information content (AvgIpc) is 3.23. The molecule has 0 atom stereocenters. The summed E-state index contributed by atoms with van der Waals surface area (Å²) in [4.78, 5) is 7.00. The van der Waals surface area contributed by atoms with Gasteiger partial charge in [-0.2, -0.15) is 0 Å². The molecule has 0 aliphatic carbocycles. The van der Waals surface area contributed by atoms with Gasteiger partial charge < -0.3 is 15.5 Å². The van der Waals surface area contributed by atoms with Gasteiger partial charge in [0.15, 0.2) is 15.8 Å². The summed E-state index contributed by atoms with van der Waals surface area (Å²) < 4.78 is 24.7. The number of thiophene rings is 1. The van der Waals surface area contributed by atoms with Gasteiger partial charge in [-0.05, 0) is 42.5 Å². The molecule has 2 N–H and O–H groups in total. The Morgan fingerprint density at radius 3 is 2.56 bits per heavy atom. The van der Waals surface area contributed by atoms with E-state index in [2.05, 4.69) is 38.0 Å². The van der Waals surface area contributed by atoms with E-state index in [-0.39, 0.29) is 5.75 Å². The number of sulfone groups is 1. The van der Waals surface area contributed by atoms with Crippen molar-refractivity contribution in [1.29, 1.82) is 0 Å². The number of nitrogens with one attached hydrogen (secondary N) is 2. The summed E-state index contributed by atoms with van der Waals surface area (Å²) in [6, 6.07) is 13.1. The average molecular weight is 407 g/mol. The molecule has 146 valence electrons. The van der Waals surface area contributed by atoms with Crippen molar-refractivity contribution >= 4 is 32.1 Å².